The van der Waals surface area contributed by atoms with Crippen LogP contribution in [0.4, 0.5) is 17.3 Å². The van der Waals surface area contributed by atoms with E-state index in [1.807, 2.05) is 0 Å². The van der Waals surface area contributed by atoms with Gasteiger partial charge < -0.3 is 11.1 Å². The molecule has 1 heterocycles. The van der Waals surface area contributed by atoms with Crippen molar-refractivity contribution >= 4 is 23.2 Å². The number of nitrogens with zero attached hydrogens (tertiary/aromatic N) is 3. The van der Waals surface area contributed by atoms with E-state index in [4.69, 9.17) is 5.73 Å². The number of rotatable bonds is 3. The third kappa shape index (κ3) is 2.40. The summed E-state index contributed by atoms with van der Waals surface area (Å²) in [6.07, 6.45) is 0. The summed E-state index contributed by atoms with van der Waals surface area (Å²) in [4.78, 5) is 25.3. The van der Waals surface area contributed by atoms with E-state index in [9.17, 15) is 14.9 Å². The summed E-state index contributed by atoms with van der Waals surface area (Å²) in [5.74, 6) is -0.710. The molecule has 2 aromatic rings. The molecule has 0 fully saturated rings. The fourth-order valence-electron chi connectivity index (χ4n) is 1.26. The molecule has 0 bridgehead atoms. The molecule has 9 heteroatoms. The second-order valence-corrected chi connectivity index (χ2v) is 3.30. The number of nitrogens with two attached hydrogens (primary N) is 1. The van der Waals surface area contributed by atoms with Crippen molar-refractivity contribution in [2.45, 2.75) is 0 Å². The van der Waals surface area contributed by atoms with Crippen LogP contribution in [0.15, 0.2) is 24.3 Å². The second-order valence-electron chi connectivity index (χ2n) is 3.30. The number of nitro groups is 1. The van der Waals surface area contributed by atoms with Crippen LogP contribution in [0.3, 0.4) is 0 Å². The Balaban J connectivity index is 2.16. The Hall–Kier alpha value is -2.97. The summed E-state index contributed by atoms with van der Waals surface area (Å²) in [6.45, 7) is 0. The topological polar surface area (TPSA) is 140 Å². The third-order valence-electron chi connectivity index (χ3n) is 2.03. The number of aromatic nitrogens is 3. The van der Waals surface area contributed by atoms with Gasteiger partial charge in [0, 0.05) is 17.8 Å². The number of carbonyl (C=O) groups excluding carboxylic acids is 1. The molecule has 92 valence electrons. The fourth-order valence-corrected chi connectivity index (χ4v) is 1.26. The molecule has 2 rings (SSSR count). The maximum atomic E-state index is 11.6. The molecule has 0 aliphatic rings. The Morgan fingerprint density at radius 1 is 1.50 bits per heavy atom. The second kappa shape index (κ2) is 4.49. The zero-order valence-electron chi connectivity index (χ0n) is 8.95. The predicted octanol–water partition coefficient (Wildman–Crippen LogP) is 0.547. The highest BCUT2D eigenvalue weighted by molar-refractivity contribution is 6.01. The van der Waals surface area contributed by atoms with Crippen LogP contribution in [0.5, 0.6) is 0 Å². The number of nitrogens with one attached hydrogen (secondary N) is 2. The number of aromatic amines is 1. The first kappa shape index (κ1) is 11.5. The van der Waals surface area contributed by atoms with Crippen molar-refractivity contribution in [1.82, 2.24) is 15.2 Å². The van der Waals surface area contributed by atoms with Gasteiger partial charge in [-0.15, -0.1) is 5.10 Å². The highest BCUT2D eigenvalue weighted by Crippen LogP contribution is 2.17. The molecule has 0 saturated heterocycles. The Labute approximate surface area is 100 Å². The minimum absolute atomic E-state index is 0.0563. The van der Waals surface area contributed by atoms with E-state index >= 15 is 0 Å². The number of anilines is 2. The molecule has 1 aromatic heterocycles. The Kier molecular flexibility index (Phi) is 2.87. The molecule has 0 unspecified atom stereocenters. The average molecular weight is 248 g/mol. The van der Waals surface area contributed by atoms with Gasteiger partial charge in [-0.05, 0) is 6.07 Å². The minimum atomic E-state index is -0.584. The Morgan fingerprint density at radius 2 is 2.28 bits per heavy atom. The number of hydrogen-bond acceptors (Lipinski definition) is 6. The van der Waals surface area contributed by atoms with Crippen molar-refractivity contribution in [3.8, 4) is 0 Å². The van der Waals surface area contributed by atoms with E-state index < -0.39 is 10.8 Å². The summed E-state index contributed by atoms with van der Waals surface area (Å²) in [6, 6.07) is 5.53. The zero-order valence-corrected chi connectivity index (χ0v) is 8.95. The largest absolute Gasteiger partial charge is 0.366 e. The maximum Gasteiger partial charge on any atom is 0.293 e. The van der Waals surface area contributed by atoms with E-state index in [1.54, 1.807) is 0 Å². The van der Waals surface area contributed by atoms with Gasteiger partial charge in [-0.1, -0.05) is 6.07 Å². The summed E-state index contributed by atoms with van der Waals surface area (Å²) in [5, 5.41) is 18.8. The lowest BCUT2D eigenvalue weighted by Crippen LogP contribution is -2.13. The molecule has 9 nitrogen and oxygen atoms in total. The molecule has 0 radical (unpaired) electrons. The first-order valence-electron chi connectivity index (χ1n) is 4.80. The molecule has 1 amide bonds. The fraction of sp³-hybridized carbons (Fsp3) is 0. The quantitative estimate of drug-likeness (QED) is 0.535. The Morgan fingerprint density at radius 3 is 2.89 bits per heavy atom. The molecule has 18 heavy (non-hydrogen) atoms. The minimum Gasteiger partial charge on any atom is -0.366 e. The number of non-ortho nitro benzene ring substituents is 1. The van der Waals surface area contributed by atoms with Crippen LogP contribution in [0.25, 0.3) is 0 Å². The number of H-pyrrole nitrogens is 1. The SMILES string of the molecule is Nc1n[nH]c(C(=O)Nc2cccc([N+](=O)[O-])c2)n1. The molecule has 0 atom stereocenters. The molecular weight excluding hydrogens is 240 g/mol. The van der Waals surface area contributed by atoms with Crippen LogP contribution in [0.1, 0.15) is 10.6 Å². The van der Waals surface area contributed by atoms with Crippen molar-refractivity contribution < 1.29 is 9.72 Å². The molecule has 0 spiro atoms. The van der Waals surface area contributed by atoms with E-state index in [-0.39, 0.29) is 23.1 Å². The maximum absolute atomic E-state index is 11.6. The molecule has 0 aliphatic heterocycles. The van der Waals surface area contributed by atoms with E-state index in [2.05, 4.69) is 20.5 Å². The van der Waals surface area contributed by atoms with Gasteiger partial charge in [-0.2, -0.15) is 4.98 Å². The van der Waals surface area contributed by atoms with Gasteiger partial charge in [0.1, 0.15) is 0 Å². The number of carbonyl (C=O) groups is 1. The van der Waals surface area contributed by atoms with Crippen LogP contribution in [0.2, 0.25) is 0 Å². The van der Waals surface area contributed by atoms with Gasteiger partial charge in [0.2, 0.25) is 11.8 Å². The molecular formula is C9H8N6O3. The summed E-state index contributed by atoms with van der Waals surface area (Å²) in [7, 11) is 0. The third-order valence-corrected chi connectivity index (χ3v) is 2.03. The zero-order chi connectivity index (χ0) is 13.1. The number of nitro benzene ring substituents is 1. The van der Waals surface area contributed by atoms with Crippen molar-refractivity contribution in [2.75, 3.05) is 11.1 Å². The van der Waals surface area contributed by atoms with Gasteiger partial charge >= 0.3 is 0 Å². The first-order chi connectivity index (χ1) is 8.56. The normalized spacial score (nSPS) is 10.0. The Bertz CT molecular complexity index is 608. The van der Waals surface area contributed by atoms with Gasteiger partial charge in [-0.25, -0.2) is 0 Å². The van der Waals surface area contributed by atoms with Crippen LogP contribution in [0, 0.1) is 10.1 Å². The highest BCUT2D eigenvalue weighted by atomic mass is 16.6. The molecule has 0 aliphatic carbocycles. The van der Waals surface area contributed by atoms with Crippen molar-refractivity contribution in [3.05, 3.63) is 40.2 Å². The standard InChI is InChI=1S/C9H8N6O3/c10-9-12-7(13-14-9)8(16)11-5-2-1-3-6(4-5)15(17)18/h1-4H,(H,11,16)(H3,10,12,13,14). The first-order valence-corrected chi connectivity index (χ1v) is 4.80. The summed E-state index contributed by atoms with van der Waals surface area (Å²) >= 11 is 0. The average Bonchev–Trinajstić information content (AvgIpc) is 2.76. The van der Waals surface area contributed by atoms with Crippen molar-refractivity contribution in [1.29, 1.82) is 0 Å². The summed E-state index contributed by atoms with van der Waals surface area (Å²) in [5.41, 5.74) is 5.41. The predicted molar refractivity (Wildman–Crippen MR) is 61.8 cm³/mol. The number of nitrogen functional groups attached to an aromatic ring is 1. The van der Waals surface area contributed by atoms with Crippen molar-refractivity contribution in [3.63, 3.8) is 0 Å². The van der Waals surface area contributed by atoms with Crippen molar-refractivity contribution in [2.24, 2.45) is 0 Å². The lowest BCUT2D eigenvalue weighted by atomic mass is 10.3. The van der Waals surface area contributed by atoms with E-state index in [1.165, 1.54) is 24.3 Å². The molecule has 1 aromatic carbocycles. The molecule has 4 N–H and O–H groups in total. The monoisotopic (exact) mass is 248 g/mol. The highest BCUT2D eigenvalue weighted by Gasteiger charge is 2.12. The number of benzene rings is 1. The van der Waals surface area contributed by atoms with Crippen LogP contribution >= 0.6 is 0 Å². The smallest absolute Gasteiger partial charge is 0.293 e. The van der Waals surface area contributed by atoms with E-state index in [0.717, 1.165) is 0 Å². The van der Waals surface area contributed by atoms with E-state index in [0.29, 0.717) is 0 Å². The van der Waals surface area contributed by atoms with Crippen LogP contribution in [-0.2, 0) is 0 Å². The number of hydrogen-bond donors (Lipinski definition) is 3. The number of amides is 1. The summed E-state index contributed by atoms with van der Waals surface area (Å²) < 4.78 is 0. The molecule has 0 saturated carbocycles. The van der Waals surface area contributed by atoms with Gasteiger partial charge in [-0.3, -0.25) is 20.0 Å². The van der Waals surface area contributed by atoms with Gasteiger partial charge in [0.05, 0.1) is 4.92 Å². The van der Waals surface area contributed by atoms with Gasteiger partial charge in [0.15, 0.2) is 0 Å². The lowest BCUT2D eigenvalue weighted by molar-refractivity contribution is -0.384. The van der Waals surface area contributed by atoms with Crippen LogP contribution in [-0.4, -0.2) is 26.0 Å². The van der Waals surface area contributed by atoms with Crippen LogP contribution < -0.4 is 11.1 Å². The lowest BCUT2D eigenvalue weighted by Gasteiger charge is -2.01. The van der Waals surface area contributed by atoms with Gasteiger partial charge in [0.25, 0.3) is 11.6 Å².